The Bertz CT molecular complexity index is 1650. The third-order valence-corrected chi connectivity index (χ3v) is 7.17. The summed E-state index contributed by atoms with van der Waals surface area (Å²) in [6.45, 7) is 10.2. The van der Waals surface area contributed by atoms with Crippen LogP contribution in [0.25, 0.3) is 44.6 Å². The van der Waals surface area contributed by atoms with Crippen molar-refractivity contribution < 1.29 is 4.79 Å². The third-order valence-electron chi connectivity index (χ3n) is 7.17. The molecule has 0 radical (unpaired) electrons. The number of rotatable bonds is 5. The van der Waals surface area contributed by atoms with Gasteiger partial charge in [-0.3, -0.25) is 14.9 Å². The maximum atomic E-state index is 12.5. The summed E-state index contributed by atoms with van der Waals surface area (Å²) in [6, 6.07) is 14.4. The van der Waals surface area contributed by atoms with Crippen LogP contribution in [-0.4, -0.2) is 69.2 Å². The smallest absolute Gasteiger partial charge is 0.224 e. The molecule has 0 unspecified atom stereocenters. The van der Waals surface area contributed by atoms with Crippen LogP contribution >= 0.6 is 0 Å². The molecule has 0 atom stereocenters. The molecule has 200 valence electrons. The number of piperazine rings is 1. The second-order valence-electron chi connectivity index (χ2n) is 11.6. The molecule has 0 bridgehead atoms. The predicted molar refractivity (Wildman–Crippen MR) is 157 cm³/mol. The van der Waals surface area contributed by atoms with Crippen molar-refractivity contribution in [3.8, 4) is 22.6 Å². The molecule has 0 aliphatic carbocycles. The Balaban J connectivity index is 1.32. The minimum absolute atomic E-state index is 0.0187. The van der Waals surface area contributed by atoms with E-state index in [1.807, 2.05) is 45.2 Å². The van der Waals surface area contributed by atoms with Gasteiger partial charge in [0.05, 0.1) is 28.6 Å². The van der Waals surface area contributed by atoms with Gasteiger partial charge in [0, 0.05) is 49.7 Å². The average molecular weight is 523 g/mol. The number of nitrogens with one attached hydrogen (secondary N) is 3. The Morgan fingerprint density at radius 1 is 1.00 bits per heavy atom. The van der Waals surface area contributed by atoms with Crippen molar-refractivity contribution in [1.29, 1.82) is 0 Å². The number of carbonyl (C=O) groups is 1. The van der Waals surface area contributed by atoms with E-state index in [1.54, 1.807) is 6.20 Å². The molecule has 3 N–H and O–H groups in total. The number of hydrogen-bond donors (Lipinski definition) is 3. The number of aromatic nitrogens is 5. The molecule has 4 heterocycles. The fourth-order valence-corrected chi connectivity index (χ4v) is 5.16. The number of para-hydroxylation sites is 1. The van der Waals surface area contributed by atoms with Gasteiger partial charge in [-0.25, -0.2) is 4.98 Å². The van der Waals surface area contributed by atoms with Crippen molar-refractivity contribution in [2.45, 2.75) is 27.2 Å². The lowest BCUT2D eigenvalue weighted by molar-refractivity contribution is -0.117. The number of hydrogen-bond acceptors (Lipinski definition) is 6. The summed E-state index contributed by atoms with van der Waals surface area (Å²) in [5.74, 6) is 0.714. The van der Waals surface area contributed by atoms with Crippen LogP contribution in [0.3, 0.4) is 0 Å². The number of aromatic amines is 2. The number of carbonyl (C=O) groups excluding carboxylic acids is 1. The molecular formula is C30H34N8O. The summed E-state index contributed by atoms with van der Waals surface area (Å²) >= 11 is 0. The molecule has 0 spiro atoms. The van der Waals surface area contributed by atoms with Gasteiger partial charge in [0.15, 0.2) is 5.82 Å². The third kappa shape index (κ3) is 5.22. The number of likely N-dealkylation sites (N-methyl/N-ethyl adjacent to an activating group) is 1. The Hall–Kier alpha value is -4.24. The normalized spacial score (nSPS) is 14.8. The second-order valence-corrected chi connectivity index (χ2v) is 11.6. The number of fused-ring (bicyclic) bond motifs is 2. The van der Waals surface area contributed by atoms with Crippen molar-refractivity contribution in [3.63, 3.8) is 0 Å². The Morgan fingerprint density at radius 3 is 2.62 bits per heavy atom. The fraction of sp³-hybridized carbons (Fsp3) is 0.333. The lowest BCUT2D eigenvalue weighted by atomic mass is 9.92. The zero-order valence-corrected chi connectivity index (χ0v) is 22.9. The highest BCUT2D eigenvalue weighted by Gasteiger charge is 2.20. The molecule has 1 fully saturated rings. The van der Waals surface area contributed by atoms with Crippen molar-refractivity contribution in [2.24, 2.45) is 5.41 Å². The van der Waals surface area contributed by atoms with Crippen molar-refractivity contribution in [2.75, 3.05) is 43.4 Å². The Morgan fingerprint density at radius 2 is 1.82 bits per heavy atom. The van der Waals surface area contributed by atoms with E-state index in [4.69, 9.17) is 4.98 Å². The predicted octanol–water partition coefficient (Wildman–Crippen LogP) is 5.29. The number of pyridine rings is 1. The Labute approximate surface area is 227 Å². The first-order valence-corrected chi connectivity index (χ1v) is 13.4. The molecule has 6 rings (SSSR count). The highest BCUT2D eigenvalue weighted by Crippen LogP contribution is 2.33. The molecule has 1 aliphatic heterocycles. The molecule has 1 saturated heterocycles. The molecule has 9 heteroatoms. The number of H-pyrrole nitrogens is 2. The molecule has 1 amide bonds. The summed E-state index contributed by atoms with van der Waals surface area (Å²) in [4.78, 5) is 30.1. The van der Waals surface area contributed by atoms with Crippen molar-refractivity contribution >= 4 is 39.2 Å². The molecule has 39 heavy (non-hydrogen) atoms. The average Bonchev–Trinajstić information content (AvgIpc) is 3.52. The summed E-state index contributed by atoms with van der Waals surface area (Å²) in [6.07, 6.45) is 3.93. The topological polar surface area (TPSA) is 106 Å². The number of anilines is 2. The van der Waals surface area contributed by atoms with Crippen LogP contribution in [0.1, 0.15) is 27.2 Å². The maximum Gasteiger partial charge on any atom is 0.224 e. The van der Waals surface area contributed by atoms with Gasteiger partial charge in [-0.05, 0) is 48.4 Å². The van der Waals surface area contributed by atoms with Crippen molar-refractivity contribution in [1.82, 2.24) is 30.0 Å². The van der Waals surface area contributed by atoms with Crippen LogP contribution in [-0.2, 0) is 4.79 Å². The van der Waals surface area contributed by atoms with E-state index < -0.39 is 0 Å². The molecule has 9 nitrogen and oxygen atoms in total. The summed E-state index contributed by atoms with van der Waals surface area (Å²) in [7, 11) is 2.16. The first-order chi connectivity index (χ1) is 18.7. The van der Waals surface area contributed by atoms with E-state index in [0.717, 1.165) is 76.4 Å². The van der Waals surface area contributed by atoms with Gasteiger partial charge in [-0.15, -0.1) is 0 Å². The van der Waals surface area contributed by atoms with Crippen LogP contribution < -0.4 is 10.2 Å². The molecular weight excluding hydrogens is 488 g/mol. The van der Waals surface area contributed by atoms with Gasteiger partial charge in [0.2, 0.25) is 5.91 Å². The lowest BCUT2D eigenvalue weighted by Crippen LogP contribution is -2.44. The first kappa shape index (κ1) is 25.1. The van der Waals surface area contributed by atoms with Crippen LogP contribution in [0, 0.1) is 5.41 Å². The van der Waals surface area contributed by atoms with Gasteiger partial charge in [-0.2, -0.15) is 5.10 Å². The number of benzene rings is 2. The fourth-order valence-electron chi connectivity index (χ4n) is 5.16. The van der Waals surface area contributed by atoms with Gasteiger partial charge in [-0.1, -0.05) is 32.9 Å². The molecule has 2 aromatic carbocycles. The van der Waals surface area contributed by atoms with E-state index in [0.29, 0.717) is 12.1 Å². The first-order valence-electron chi connectivity index (χ1n) is 13.4. The molecule has 0 saturated carbocycles. The number of amides is 1. The zero-order chi connectivity index (χ0) is 27.1. The summed E-state index contributed by atoms with van der Waals surface area (Å²) < 4.78 is 0. The number of imidazole rings is 1. The largest absolute Gasteiger partial charge is 0.367 e. The molecule has 5 aromatic rings. The molecule has 1 aliphatic rings. The van der Waals surface area contributed by atoms with Gasteiger partial charge < -0.3 is 20.1 Å². The Kier molecular flexibility index (Phi) is 6.31. The monoisotopic (exact) mass is 522 g/mol. The number of nitrogens with zero attached hydrogens (tertiary/aromatic N) is 5. The van der Waals surface area contributed by atoms with E-state index in [9.17, 15) is 4.79 Å². The van der Waals surface area contributed by atoms with E-state index in [2.05, 4.69) is 66.6 Å². The van der Waals surface area contributed by atoms with E-state index in [1.165, 1.54) is 0 Å². The van der Waals surface area contributed by atoms with Gasteiger partial charge >= 0.3 is 0 Å². The highest BCUT2D eigenvalue weighted by atomic mass is 16.1. The highest BCUT2D eigenvalue weighted by molar-refractivity contribution is 5.98. The summed E-state index contributed by atoms with van der Waals surface area (Å²) in [5.41, 5.74) is 7.32. The quantitative estimate of drug-likeness (QED) is 0.289. The molecule has 3 aromatic heterocycles. The van der Waals surface area contributed by atoms with Crippen LogP contribution in [0.4, 0.5) is 11.4 Å². The summed E-state index contributed by atoms with van der Waals surface area (Å²) in [5, 5.41) is 11.7. The standard InChI is InChI=1S/C30H34N8O/c1-30(2,3)16-26(39)32-21-14-20(17-31-18-21)19-8-9-23-22(15-19)27(36-35-23)29-33-24-6-5-7-25(28(24)34-29)38-12-10-37(4)11-13-38/h5-9,14-15,17-18H,10-13,16H2,1-4H3,(H,32,39)(H,33,34)(H,35,36). The second kappa shape index (κ2) is 9.81. The van der Waals surface area contributed by atoms with Gasteiger partial charge in [0.1, 0.15) is 11.2 Å². The lowest BCUT2D eigenvalue weighted by Gasteiger charge is -2.34. The van der Waals surface area contributed by atoms with E-state index >= 15 is 0 Å². The van der Waals surface area contributed by atoms with E-state index in [-0.39, 0.29) is 11.3 Å². The van der Waals surface area contributed by atoms with Crippen molar-refractivity contribution in [3.05, 3.63) is 54.9 Å². The minimum Gasteiger partial charge on any atom is -0.367 e. The zero-order valence-electron chi connectivity index (χ0n) is 22.9. The van der Waals surface area contributed by atoms with Gasteiger partial charge in [0.25, 0.3) is 0 Å². The maximum absolute atomic E-state index is 12.5. The van der Waals surface area contributed by atoms with Crippen LogP contribution in [0.2, 0.25) is 0 Å². The van der Waals surface area contributed by atoms with Crippen LogP contribution in [0.5, 0.6) is 0 Å². The SMILES string of the molecule is CN1CCN(c2cccc3[nH]c(-c4n[nH]c5ccc(-c6cncc(NC(=O)CC(C)(C)C)c6)cc45)nc23)CC1. The van der Waals surface area contributed by atoms with Crippen LogP contribution in [0.15, 0.2) is 54.9 Å². The minimum atomic E-state index is -0.0836.